The molecule has 1 fully saturated rings. The zero-order valence-corrected chi connectivity index (χ0v) is 10.0. The fraction of sp³-hybridized carbons (Fsp3) is 0.333. The zero-order valence-electron chi connectivity index (χ0n) is 9.20. The maximum Gasteiger partial charge on any atom is 0.327 e. The molecule has 0 unspecified atom stereocenters. The molecule has 2 aliphatic rings. The van der Waals surface area contributed by atoms with Gasteiger partial charge >= 0.3 is 10.2 Å². The van der Waals surface area contributed by atoms with Crippen LogP contribution < -0.4 is 8.61 Å². The molecule has 1 aliphatic carbocycles. The SMILES string of the molecule is C#CCN1c2ccccc2N(C2CC2)S1(=O)=O. The Kier molecular flexibility index (Phi) is 2.10. The van der Waals surface area contributed by atoms with Gasteiger partial charge in [-0.25, -0.2) is 8.61 Å². The summed E-state index contributed by atoms with van der Waals surface area (Å²) in [6, 6.07) is 7.43. The average Bonchev–Trinajstić information content (AvgIpc) is 3.08. The van der Waals surface area contributed by atoms with Crippen molar-refractivity contribution in [2.45, 2.75) is 18.9 Å². The third-order valence-corrected chi connectivity index (χ3v) is 4.90. The summed E-state index contributed by atoms with van der Waals surface area (Å²) in [6.45, 7) is 0.0859. The van der Waals surface area contributed by atoms with Crippen LogP contribution in [-0.4, -0.2) is 21.0 Å². The minimum Gasteiger partial charge on any atom is -0.248 e. The highest BCUT2D eigenvalue weighted by Crippen LogP contribution is 2.46. The van der Waals surface area contributed by atoms with E-state index in [1.54, 1.807) is 6.07 Å². The van der Waals surface area contributed by atoms with E-state index in [1.807, 2.05) is 18.2 Å². The van der Waals surface area contributed by atoms with Crippen molar-refractivity contribution in [2.75, 3.05) is 15.2 Å². The number of hydrogen-bond acceptors (Lipinski definition) is 2. The first kappa shape index (κ1) is 10.5. The van der Waals surface area contributed by atoms with Crippen molar-refractivity contribution in [3.05, 3.63) is 24.3 Å². The highest BCUT2D eigenvalue weighted by molar-refractivity contribution is 7.94. The van der Waals surface area contributed by atoms with Crippen LogP contribution >= 0.6 is 0 Å². The number of rotatable bonds is 2. The fourth-order valence-corrected chi connectivity index (χ4v) is 4.00. The van der Waals surface area contributed by atoms with Crippen LogP contribution in [0.4, 0.5) is 11.4 Å². The number of nitrogens with zero attached hydrogens (tertiary/aromatic N) is 2. The van der Waals surface area contributed by atoms with Crippen LogP contribution in [0, 0.1) is 12.3 Å². The van der Waals surface area contributed by atoms with Crippen LogP contribution in [0.3, 0.4) is 0 Å². The summed E-state index contributed by atoms with van der Waals surface area (Å²) >= 11 is 0. The van der Waals surface area contributed by atoms with Gasteiger partial charge in [-0.3, -0.25) is 0 Å². The van der Waals surface area contributed by atoms with E-state index in [4.69, 9.17) is 6.42 Å². The lowest BCUT2D eigenvalue weighted by Gasteiger charge is -2.19. The second kappa shape index (κ2) is 3.41. The third-order valence-electron chi connectivity index (χ3n) is 3.03. The van der Waals surface area contributed by atoms with Crippen LogP contribution in [0.5, 0.6) is 0 Å². The van der Waals surface area contributed by atoms with Crippen LogP contribution in [0.2, 0.25) is 0 Å². The molecule has 0 spiro atoms. The van der Waals surface area contributed by atoms with Gasteiger partial charge in [0.2, 0.25) is 0 Å². The summed E-state index contributed by atoms with van der Waals surface area (Å²) < 4.78 is 27.6. The summed E-state index contributed by atoms with van der Waals surface area (Å²) in [6.07, 6.45) is 7.11. The van der Waals surface area contributed by atoms with Crippen molar-refractivity contribution in [2.24, 2.45) is 0 Å². The van der Waals surface area contributed by atoms with Crippen LogP contribution in [0.1, 0.15) is 12.8 Å². The van der Waals surface area contributed by atoms with Gasteiger partial charge in [0.15, 0.2) is 0 Å². The molecule has 0 radical (unpaired) electrons. The smallest absolute Gasteiger partial charge is 0.248 e. The Hall–Kier alpha value is -1.67. The quantitative estimate of drug-likeness (QED) is 0.741. The second-order valence-corrected chi connectivity index (χ2v) is 5.96. The first-order valence-corrected chi connectivity index (χ1v) is 6.90. The topological polar surface area (TPSA) is 40.6 Å². The highest BCUT2D eigenvalue weighted by atomic mass is 32.2. The minimum absolute atomic E-state index is 0.0859. The molecule has 17 heavy (non-hydrogen) atoms. The van der Waals surface area contributed by atoms with E-state index in [-0.39, 0.29) is 12.6 Å². The Balaban J connectivity index is 2.17. The maximum atomic E-state index is 12.4. The molecular formula is C12H12N2O2S. The Morgan fingerprint density at radius 3 is 2.53 bits per heavy atom. The van der Waals surface area contributed by atoms with Gasteiger partial charge in [0.05, 0.1) is 17.9 Å². The van der Waals surface area contributed by atoms with E-state index in [0.717, 1.165) is 18.5 Å². The van der Waals surface area contributed by atoms with Crippen molar-refractivity contribution in [3.8, 4) is 12.3 Å². The first-order chi connectivity index (χ1) is 8.16. The van der Waals surface area contributed by atoms with Crippen LogP contribution in [0.15, 0.2) is 24.3 Å². The molecular weight excluding hydrogens is 236 g/mol. The van der Waals surface area contributed by atoms with E-state index >= 15 is 0 Å². The summed E-state index contributed by atoms with van der Waals surface area (Å²) in [5.41, 5.74) is 1.45. The predicted octanol–water partition coefficient (Wildman–Crippen LogP) is 1.35. The molecule has 3 rings (SSSR count). The van der Waals surface area contributed by atoms with Crippen molar-refractivity contribution >= 4 is 21.6 Å². The molecule has 1 aromatic rings. The van der Waals surface area contributed by atoms with Gasteiger partial charge in [-0.05, 0) is 25.0 Å². The van der Waals surface area contributed by atoms with E-state index in [0.29, 0.717) is 5.69 Å². The van der Waals surface area contributed by atoms with E-state index < -0.39 is 10.2 Å². The second-order valence-electron chi connectivity index (χ2n) is 4.23. The number of para-hydroxylation sites is 2. The van der Waals surface area contributed by atoms with E-state index in [1.165, 1.54) is 8.61 Å². The normalized spacial score (nSPS) is 21.1. The predicted molar refractivity (Wildman–Crippen MR) is 67.0 cm³/mol. The average molecular weight is 248 g/mol. The molecule has 5 heteroatoms. The van der Waals surface area contributed by atoms with Crippen molar-refractivity contribution in [1.29, 1.82) is 0 Å². The Morgan fingerprint density at radius 2 is 1.94 bits per heavy atom. The molecule has 4 nitrogen and oxygen atoms in total. The van der Waals surface area contributed by atoms with Gasteiger partial charge in [0.25, 0.3) is 0 Å². The molecule has 1 aliphatic heterocycles. The molecule has 88 valence electrons. The van der Waals surface area contributed by atoms with Gasteiger partial charge in [-0.2, -0.15) is 8.42 Å². The minimum atomic E-state index is -3.46. The van der Waals surface area contributed by atoms with E-state index in [2.05, 4.69) is 5.92 Å². The standard InChI is InChI=1S/C12H12N2O2S/c1-2-9-13-11-5-3-4-6-12(11)14(10-7-8-10)17(13,15)16/h1,3-6,10H,7-9H2. The van der Waals surface area contributed by atoms with Crippen molar-refractivity contribution in [3.63, 3.8) is 0 Å². The Labute approximate surface area is 101 Å². The molecule has 1 aromatic carbocycles. The lowest BCUT2D eigenvalue weighted by atomic mass is 10.2. The largest absolute Gasteiger partial charge is 0.327 e. The number of fused-ring (bicyclic) bond motifs is 1. The molecule has 1 heterocycles. The number of anilines is 2. The molecule has 0 bridgehead atoms. The summed E-state index contributed by atoms with van der Waals surface area (Å²) in [5.74, 6) is 2.41. The molecule has 0 atom stereocenters. The van der Waals surface area contributed by atoms with Gasteiger partial charge in [0, 0.05) is 6.04 Å². The van der Waals surface area contributed by atoms with Gasteiger partial charge in [0.1, 0.15) is 0 Å². The first-order valence-electron chi connectivity index (χ1n) is 5.51. The van der Waals surface area contributed by atoms with Crippen LogP contribution in [-0.2, 0) is 10.2 Å². The Morgan fingerprint density at radius 1 is 1.29 bits per heavy atom. The molecule has 0 saturated heterocycles. The highest BCUT2D eigenvalue weighted by Gasteiger charge is 2.47. The molecule has 0 N–H and O–H groups in total. The number of benzene rings is 1. The fourth-order valence-electron chi connectivity index (χ4n) is 2.16. The van der Waals surface area contributed by atoms with Crippen LogP contribution in [0.25, 0.3) is 0 Å². The summed E-state index contributed by atoms with van der Waals surface area (Å²) in [5, 5.41) is 0. The zero-order chi connectivity index (χ0) is 12.0. The maximum absolute atomic E-state index is 12.4. The van der Waals surface area contributed by atoms with Gasteiger partial charge < -0.3 is 0 Å². The molecule has 1 saturated carbocycles. The number of hydrogen-bond donors (Lipinski definition) is 0. The van der Waals surface area contributed by atoms with Crippen molar-refractivity contribution < 1.29 is 8.42 Å². The number of terminal acetylenes is 1. The molecule has 0 aromatic heterocycles. The lowest BCUT2D eigenvalue weighted by Crippen LogP contribution is -2.39. The monoisotopic (exact) mass is 248 g/mol. The lowest BCUT2D eigenvalue weighted by molar-refractivity contribution is 0.590. The van der Waals surface area contributed by atoms with E-state index in [9.17, 15) is 8.42 Å². The molecule has 0 amide bonds. The van der Waals surface area contributed by atoms with Gasteiger partial charge in [-0.15, -0.1) is 6.42 Å². The Bertz CT molecular complexity index is 599. The van der Waals surface area contributed by atoms with Crippen molar-refractivity contribution in [1.82, 2.24) is 0 Å². The summed E-state index contributed by atoms with van der Waals surface area (Å²) in [7, 11) is -3.46. The third kappa shape index (κ3) is 1.41. The van der Waals surface area contributed by atoms with Gasteiger partial charge in [-0.1, -0.05) is 18.1 Å². The summed E-state index contributed by atoms with van der Waals surface area (Å²) in [4.78, 5) is 0.